The van der Waals surface area contributed by atoms with E-state index < -0.39 is 0 Å². The number of hydrogen-bond acceptors (Lipinski definition) is 3. The second-order valence-corrected chi connectivity index (χ2v) is 5.84. The largest absolute Gasteiger partial charge is 0.254 e. The molecule has 0 unspecified atom stereocenters. The van der Waals surface area contributed by atoms with Crippen molar-refractivity contribution in [3.05, 3.63) is 77.9 Å². The first-order valence-electron chi connectivity index (χ1n) is 7.79. The van der Waals surface area contributed by atoms with Gasteiger partial charge in [-0.25, -0.2) is 4.39 Å². The summed E-state index contributed by atoms with van der Waals surface area (Å²) in [6.07, 6.45) is 4.14. The Bertz CT molecular complexity index is 1150. The van der Waals surface area contributed by atoms with Crippen LogP contribution < -0.4 is 0 Å². The molecule has 0 saturated heterocycles. The molecule has 0 aliphatic carbocycles. The normalized spacial score (nSPS) is 13.3. The Labute approximate surface area is 137 Å². The molecule has 5 rings (SSSR count). The molecule has 0 N–H and O–H groups in total. The van der Waals surface area contributed by atoms with Crippen LogP contribution in [-0.4, -0.2) is 15.7 Å². The Balaban J connectivity index is 1.85. The number of fused-ring (bicyclic) bond motifs is 6. The maximum absolute atomic E-state index is 14.2. The Morgan fingerprint density at radius 1 is 0.792 bits per heavy atom. The van der Waals surface area contributed by atoms with Gasteiger partial charge in [0.25, 0.3) is 0 Å². The quantitative estimate of drug-likeness (QED) is 0.482. The minimum absolute atomic E-state index is 0.242. The van der Waals surface area contributed by atoms with Gasteiger partial charge in [0.1, 0.15) is 5.82 Å². The molecule has 1 aliphatic rings. The average Bonchev–Trinajstić information content (AvgIpc) is 3.08. The number of benzene rings is 2. The number of halogens is 1. The summed E-state index contributed by atoms with van der Waals surface area (Å²) in [7, 11) is 0. The first kappa shape index (κ1) is 13.3. The van der Waals surface area contributed by atoms with Crippen molar-refractivity contribution in [3.63, 3.8) is 0 Å². The van der Waals surface area contributed by atoms with E-state index in [1.54, 1.807) is 24.5 Å². The summed E-state index contributed by atoms with van der Waals surface area (Å²) < 4.78 is 14.2. The van der Waals surface area contributed by atoms with Crippen LogP contribution in [0.15, 0.2) is 65.9 Å². The molecule has 0 bridgehead atoms. The predicted molar refractivity (Wildman–Crippen MR) is 93.3 cm³/mol. The van der Waals surface area contributed by atoms with Gasteiger partial charge in [-0.2, -0.15) is 0 Å². The summed E-state index contributed by atoms with van der Waals surface area (Å²) in [5.41, 5.74) is 5.00. The van der Waals surface area contributed by atoms with Crippen LogP contribution in [-0.2, 0) is 6.42 Å². The van der Waals surface area contributed by atoms with Crippen LogP contribution in [0.5, 0.6) is 0 Å². The highest BCUT2D eigenvalue weighted by atomic mass is 19.1. The molecule has 0 amide bonds. The minimum atomic E-state index is -0.242. The summed E-state index contributed by atoms with van der Waals surface area (Å²) in [5.74, 6) is -0.242. The Morgan fingerprint density at radius 2 is 1.50 bits per heavy atom. The van der Waals surface area contributed by atoms with E-state index in [1.165, 1.54) is 6.07 Å². The summed E-state index contributed by atoms with van der Waals surface area (Å²) >= 11 is 0. The molecule has 0 saturated carbocycles. The van der Waals surface area contributed by atoms with Gasteiger partial charge in [0.2, 0.25) is 0 Å². The third-order valence-electron chi connectivity index (χ3n) is 4.48. The minimum Gasteiger partial charge on any atom is -0.254 e. The van der Waals surface area contributed by atoms with E-state index in [0.717, 1.165) is 38.8 Å². The standard InChI is InChI=1S/C20H12FN3/c21-16-8-2-1-5-13(16)17-11-15-12-6-3-9-22-19(12)20-14(18(15)24-17)7-4-10-23-20/h1-10H,11H2. The van der Waals surface area contributed by atoms with Crippen LogP contribution in [0.4, 0.5) is 10.1 Å². The van der Waals surface area contributed by atoms with E-state index in [1.807, 2.05) is 30.3 Å². The van der Waals surface area contributed by atoms with Crippen LogP contribution in [0.1, 0.15) is 11.1 Å². The molecule has 3 nitrogen and oxygen atoms in total. The van der Waals surface area contributed by atoms with Gasteiger partial charge in [-0.15, -0.1) is 0 Å². The number of nitrogens with zero attached hydrogens (tertiary/aromatic N) is 3. The Morgan fingerprint density at radius 3 is 2.29 bits per heavy atom. The highest BCUT2D eigenvalue weighted by Gasteiger charge is 2.24. The van der Waals surface area contributed by atoms with Crippen molar-refractivity contribution in [2.45, 2.75) is 6.42 Å². The van der Waals surface area contributed by atoms with Crippen molar-refractivity contribution >= 4 is 33.2 Å². The van der Waals surface area contributed by atoms with Crippen LogP contribution in [0.25, 0.3) is 21.8 Å². The molecule has 1 aliphatic heterocycles. The number of rotatable bonds is 1. The van der Waals surface area contributed by atoms with E-state index in [0.29, 0.717) is 12.0 Å². The van der Waals surface area contributed by atoms with Crippen molar-refractivity contribution in [2.75, 3.05) is 0 Å². The molecule has 2 aromatic carbocycles. The van der Waals surface area contributed by atoms with Crippen LogP contribution in [0.3, 0.4) is 0 Å². The predicted octanol–water partition coefficient (Wildman–Crippen LogP) is 4.60. The maximum Gasteiger partial charge on any atom is 0.132 e. The molecule has 0 atom stereocenters. The summed E-state index contributed by atoms with van der Waals surface area (Å²) in [4.78, 5) is 13.8. The number of hydrogen-bond donors (Lipinski definition) is 0. The summed E-state index contributed by atoms with van der Waals surface area (Å²) in [6.45, 7) is 0. The molecule has 3 heterocycles. The second-order valence-electron chi connectivity index (χ2n) is 5.84. The number of aromatic nitrogens is 2. The molecule has 0 spiro atoms. The highest BCUT2D eigenvalue weighted by molar-refractivity contribution is 6.18. The lowest BCUT2D eigenvalue weighted by Gasteiger charge is -2.08. The summed E-state index contributed by atoms with van der Waals surface area (Å²) in [6, 6.07) is 14.6. The fourth-order valence-electron chi connectivity index (χ4n) is 3.41. The van der Waals surface area contributed by atoms with Gasteiger partial charge in [-0.3, -0.25) is 15.0 Å². The third-order valence-corrected chi connectivity index (χ3v) is 4.48. The van der Waals surface area contributed by atoms with Crippen molar-refractivity contribution in [1.82, 2.24) is 9.97 Å². The molecule has 24 heavy (non-hydrogen) atoms. The molecule has 0 radical (unpaired) electrons. The lowest BCUT2D eigenvalue weighted by Crippen LogP contribution is -2.03. The van der Waals surface area contributed by atoms with Crippen molar-refractivity contribution in [3.8, 4) is 0 Å². The van der Waals surface area contributed by atoms with Crippen molar-refractivity contribution in [1.29, 1.82) is 0 Å². The zero-order chi connectivity index (χ0) is 16.1. The summed E-state index contributed by atoms with van der Waals surface area (Å²) in [5, 5.41) is 2.00. The van der Waals surface area contributed by atoms with Gasteiger partial charge in [-0.05, 0) is 29.8 Å². The van der Waals surface area contributed by atoms with Gasteiger partial charge in [-0.1, -0.05) is 24.3 Å². The molecular formula is C20H12FN3. The van der Waals surface area contributed by atoms with E-state index in [-0.39, 0.29) is 5.82 Å². The van der Waals surface area contributed by atoms with E-state index in [4.69, 9.17) is 4.99 Å². The fraction of sp³-hybridized carbons (Fsp3) is 0.0500. The lowest BCUT2D eigenvalue weighted by atomic mass is 9.98. The molecule has 2 aromatic heterocycles. The first-order chi connectivity index (χ1) is 11.8. The second kappa shape index (κ2) is 4.93. The van der Waals surface area contributed by atoms with E-state index in [2.05, 4.69) is 9.97 Å². The van der Waals surface area contributed by atoms with Crippen LogP contribution in [0.2, 0.25) is 0 Å². The monoisotopic (exact) mass is 313 g/mol. The topological polar surface area (TPSA) is 38.1 Å². The zero-order valence-electron chi connectivity index (χ0n) is 12.7. The SMILES string of the molecule is Fc1ccccc1C1=Nc2c(c3cccnc3c3ncccc23)C1. The molecular weight excluding hydrogens is 301 g/mol. The lowest BCUT2D eigenvalue weighted by molar-refractivity contribution is 0.625. The third kappa shape index (κ3) is 1.80. The zero-order valence-corrected chi connectivity index (χ0v) is 12.7. The van der Waals surface area contributed by atoms with Gasteiger partial charge in [0, 0.05) is 35.2 Å². The fourth-order valence-corrected chi connectivity index (χ4v) is 3.41. The molecule has 0 fully saturated rings. The Hall–Kier alpha value is -3.14. The van der Waals surface area contributed by atoms with Crippen LogP contribution >= 0.6 is 0 Å². The average molecular weight is 313 g/mol. The van der Waals surface area contributed by atoms with Gasteiger partial charge in [0.15, 0.2) is 0 Å². The molecule has 4 aromatic rings. The van der Waals surface area contributed by atoms with Crippen molar-refractivity contribution in [2.24, 2.45) is 4.99 Å². The van der Waals surface area contributed by atoms with E-state index in [9.17, 15) is 4.39 Å². The van der Waals surface area contributed by atoms with Gasteiger partial charge in [0.05, 0.1) is 22.4 Å². The maximum atomic E-state index is 14.2. The smallest absolute Gasteiger partial charge is 0.132 e. The first-order valence-corrected chi connectivity index (χ1v) is 7.79. The number of pyridine rings is 2. The molecule has 4 heteroatoms. The van der Waals surface area contributed by atoms with E-state index >= 15 is 0 Å². The molecule has 114 valence electrons. The van der Waals surface area contributed by atoms with Crippen molar-refractivity contribution < 1.29 is 4.39 Å². The van der Waals surface area contributed by atoms with Gasteiger partial charge < -0.3 is 0 Å². The van der Waals surface area contributed by atoms with Crippen LogP contribution in [0, 0.1) is 5.82 Å². The Kier molecular flexibility index (Phi) is 2.73. The number of aliphatic imine (C=N–C) groups is 1. The highest BCUT2D eigenvalue weighted by Crippen LogP contribution is 2.41. The van der Waals surface area contributed by atoms with Gasteiger partial charge >= 0.3 is 0 Å².